The topological polar surface area (TPSA) is 17.1 Å². The van der Waals surface area contributed by atoms with Crippen molar-refractivity contribution in [1.82, 2.24) is 0 Å². The van der Waals surface area contributed by atoms with E-state index in [0.29, 0.717) is 16.5 Å². The summed E-state index contributed by atoms with van der Waals surface area (Å²) in [6.07, 6.45) is 10.2. The lowest BCUT2D eigenvalue weighted by molar-refractivity contribution is 0.0978. The molecule has 0 aliphatic carbocycles. The van der Waals surface area contributed by atoms with Crippen LogP contribution < -0.4 is 0 Å². The Bertz CT molecular complexity index is 417. The fourth-order valence-electron chi connectivity index (χ4n) is 2.23. The zero-order valence-corrected chi connectivity index (χ0v) is 13.8. The van der Waals surface area contributed by atoms with Crippen LogP contribution in [0.15, 0.2) is 22.7 Å². The maximum absolute atomic E-state index is 13.3. The average Bonchev–Trinajstić information content (AvgIpc) is 2.44. The predicted octanol–water partition coefficient (Wildman–Crippen LogP) is 6.30. The number of carbonyl (C=O) groups is 1. The van der Waals surface area contributed by atoms with Crippen LogP contribution in [0, 0.1) is 5.82 Å². The highest BCUT2D eigenvalue weighted by atomic mass is 79.9. The molecule has 0 heterocycles. The molecule has 1 rings (SSSR count). The lowest BCUT2D eigenvalue weighted by Gasteiger charge is -2.03. The van der Waals surface area contributed by atoms with Crippen molar-refractivity contribution >= 4 is 21.7 Å². The highest BCUT2D eigenvalue weighted by Gasteiger charge is 2.08. The lowest BCUT2D eigenvalue weighted by atomic mass is 10.0. The number of unbranched alkanes of at least 4 members (excludes halogenated alkanes) is 7. The molecule has 1 aromatic carbocycles. The van der Waals surface area contributed by atoms with Gasteiger partial charge in [0.15, 0.2) is 5.78 Å². The second-order valence-electron chi connectivity index (χ2n) is 5.28. The van der Waals surface area contributed by atoms with Gasteiger partial charge in [-0.2, -0.15) is 0 Å². The Kier molecular flexibility index (Phi) is 8.75. The van der Waals surface area contributed by atoms with E-state index >= 15 is 0 Å². The van der Waals surface area contributed by atoms with Crippen molar-refractivity contribution in [1.29, 1.82) is 0 Å². The van der Waals surface area contributed by atoms with Crippen molar-refractivity contribution in [3.05, 3.63) is 34.1 Å². The van der Waals surface area contributed by atoms with Gasteiger partial charge in [-0.15, -0.1) is 0 Å². The normalized spacial score (nSPS) is 10.8. The van der Waals surface area contributed by atoms with Gasteiger partial charge in [-0.1, -0.05) is 57.9 Å². The third-order valence-electron chi connectivity index (χ3n) is 3.50. The molecule has 0 N–H and O–H groups in total. The van der Waals surface area contributed by atoms with Gasteiger partial charge in [0.1, 0.15) is 5.82 Å². The molecule has 0 aromatic heterocycles. The van der Waals surface area contributed by atoms with Gasteiger partial charge < -0.3 is 0 Å². The number of Topliss-reactive ketones (excluding diaryl/α,β-unsaturated/α-hetero) is 1. The van der Waals surface area contributed by atoms with E-state index in [1.807, 2.05) is 0 Å². The van der Waals surface area contributed by atoms with Crippen LogP contribution in [-0.4, -0.2) is 5.78 Å². The second kappa shape index (κ2) is 10.1. The summed E-state index contributed by atoms with van der Waals surface area (Å²) in [5, 5.41) is 0. The van der Waals surface area contributed by atoms with E-state index in [-0.39, 0.29) is 11.6 Å². The summed E-state index contributed by atoms with van der Waals surface area (Å²) in [5.41, 5.74) is 0.480. The summed E-state index contributed by atoms with van der Waals surface area (Å²) in [5.74, 6) is -0.325. The Morgan fingerprint density at radius 1 is 1.05 bits per heavy atom. The lowest BCUT2D eigenvalue weighted by Crippen LogP contribution is -1.99. The Labute approximate surface area is 130 Å². The molecule has 0 spiro atoms. The van der Waals surface area contributed by atoms with E-state index in [1.54, 1.807) is 12.1 Å². The summed E-state index contributed by atoms with van der Waals surface area (Å²) < 4.78 is 13.7. The van der Waals surface area contributed by atoms with E-state index in [0.717, 1.165) is 12.8 Å². The number of halogens is 2. The molecule has 1 nitrogen and oxygen atoms in total. The number of benzene rings is 1. The van der Waals surface area contributed by atoms with Gasteiger partial charge in [-0.05, 0) is 34.5 Å². The smallest absolute Gasteiger partial charge is 0.162 e. The molecule has 0 saturated carbocycles. The molecule has 20 heavy (non-hydrogen) atoms. The summed E-state index contributed by atoms with van der Waals surface area (Å²) >= 11 is 3.09. The van der Waals surface area contributed by atoms with Gasteiger partial charge >= 0.3 is 0 Å². The number of hydrogen-bond acceptors (Lipinski definition) is 1. The average molecular weight is 343 g/mol. The standard InChI is InChI=1S/C17H24BrFO/c1-2-3-4-5-6-7-8-9-10-17(20)14-11-12-15(18)16(19)13-14/h11-13H,2-10H2,1H3. The van der Waals surface area contributed by atoms with E-state index in [1.165, 1.54) is 44.6 Å². The van der Waals surface area contributed by atoms with Crippen LogP contribution in [0.25, 0.3) is 0 Å². The molecule has 0 bridgehead atoms. The number of hydrogen-bond donors (Lipinski definition) is 0. The molecule has 3 heteroatoms. The molecule has 0 unspecified atom stereocenters. The van der Waals surface area contributed by atoms with Crippen LogP contribution in [0.4, 0.5) is 4.39 Å². The number of carbonyl (C=O) groups excluding carboxylic acids is 1. The van der Waals surface area contributed by atoms with Crippen LogP contribution in [0.3, 0.4) is 0 Å². The maximum atomic E-state index is 13.3. The van der Waals surface area contributed by atoms with Crippen molar-refractivity contribution in [2.45, 2.75) is 64.7 Å². The Morgan fingerprint density at radius 2 is 1.65 bits per heavy atom. The van der Waals surface area contributed by atoms with Crippen molar-refractivity contribution in [3.8, 4) is 0 Å². The molecule has 0 atom stereocenters. The second-order valence-corrected chi connectivity index (χ2v) is 6.13. The quantitative estimate of drug-likeness (QED) is 0.360. The van der Waals surface area contributed by atoms with Crippen LogP contribution in [0.2, 0.25) is 0 Å². The van der Waals surface area contributed by atoms with E-state index in [9.17, 15) is 9.18 Å². The first-order valence-corrected chi connectivity index (χ1v) is 8.42. The van der Waals surface area contributed by atoms with Gasteiger partial charge in [0.2, 0.25) is 0 Å². The molecule has 0 saturated heterocycles. The van der Waals surface area contributed by atoms with Crippen LogP contribution in [-0.2, 0) is 0 Å². The van der Waals surface area contributed by atoms with Crippen molar-refractivity contribution < 1.29 is 9.18 Å². The van der Waals surface area contributed by atoms with E-state index in [2.05, 4.69) is 22.9 Å². The van der Waals surface area contributed by atoms with Crippen LogP contribution in [0.5, 0.6) is 0 Å². The molecule has 0 fully saturated rings. The first-order valence-electron chi connectivity index (χ1n) is 7.63. The highest BCUT2D eigenvalue weighted by Crippen LogP contribution is 2.18. The zero-order valence-electron chi connectivity index (χ0n) is 12.3. The van der Waals surface area contributed by atoms with Gasteiger partial charge in [0.25, 0.3) is 0 Å². The number of rotatable bonds is 10. The minimum absolute atomic E-state index is 0.0439. The summed E-state index contributed by atoms with van der Waals surface area (Å²) in [4.78, 5) is 11.9. The first-order chi connectivity index (χ1) is 9.65. The summed E-state index contributed by atoms with van der Waals surface area (Å²) in [7, 11) is 0. The maximum Gasteiger partial charge on any atom is 0.162 e. The van der Waals surface area contributed by atoms with Crippen molar-refractivity contribution in [2.24, 2.45) is 0 Å². The fraction of sp³-hybridized carbons (Fsp3) is 0.588. The molecule has 0 aliphatic rings. The Balaban J connectivity index is 2.15. The Morgan fingerprint density at radius 3 is 2.25 bits per heavy atom. The zero-order chi connectivity index (χ0) is 14.8. The minimum atomic E-state index is -0.369. The largest absolute Gasteiger partial charge is 0.294 e. The monoisotopic (exact) mass is 342 g/mol. The molecule has 0 radical (unpaired) electrons. The summed E-state index contributed by atoms with van der Waals surface area (Å²) in [6, 6.07) is 4.59. The Hall–Kier alpha value is -0.700. The third-order valence-corrected chi connectivity index (χ3v) is 4.14. The molecule has 0 aliphatic heterocycles. The van der Waals surface area contributed by atoms with Gasteiger partial charge in [-0.25, -0.2) is 4.39 Å². The van der Waals surface area contributed by atoms with Crippen molar-refractivity contribution in [3.63, 3.8) is 0 Å². The van der Waals surface area contributed by atoms with Crippen LogP contribution in [0.1, 0.15) is 75.1 Å². The molecular formula is C17H24BrFO. The van der Waals surface area contributed by atoms with Gasteiger partial charge in [0.05, 0.1) is 4.47 Å². The van der Waals surface area contributed by atoms with Crippen molar-refractivity contribution in [2.75, 3.05) is 0 Å². The summed E-state index contributed by atoms with van der Waals surface area (Å²) in [6.45, 7) is 2.22. The number of ketones is 1. The van der Waals surface area contributed by atoms with Gasteiger partial charge in [0, 0.05) is 12.0 Å². The fourth-order valence-corrected chi connectivity index (χ4v) is 2.48. The minimum Gasteiger partial charge on any atom is -0.294 e. The highest BCUT2D eigenvalue weighted by molar-refractivity contribution is 9.10. The van der Waals surface area contributed by atoms with Gasteiger partial charge in [-0.3, -0.25) is 4.79 Å². The molecule has 112 valence electrons. The third kappa shape index (κ3) is 6.65. The molecule has 1 aromatic rings. The van der Waals surface area contributed by atoms with E-state index in [4.69, 9.17) is 0 Å². The first kappa shape index (κ1) is 17.4. The predicted molar refractivity (Wildman–Crippen MR) is 85.7 cm³/mol. The van der Waals surface area contributed by atoms with E-state index < -0.39 is 0 Å². The molecular weight excluding hydrogens is 319 g/mol. The van der Waals surface area contributed by atoms with Crippen LogP contribution >= 0.6 is 15.9 Å². The molecule has 0 amide bonds. The SMILES string of the molecule is CCCCCCCCCCC(=O)c1ccc(Br)c(F)c1.